The molecule has 84 valence electrons. The Hall–Kier alpha value is -0.160. The molecule has 4 nitrogen and oxygen atoms in total. The summed E-state index contributed by atoms with van der Waals surface area (Å²) in [6.45, 7) is 9.11. The van der Waals surface area contributed by atoms with Crippen molar-refractivity contribution >= 4 is 0 Å². The monoisotopic (exact) mass is 202 g/mol. The van der Waals surface area contributed by atoms with Crippen LogP contribution >= 0.6 is 0 Å². The van der Waals surface area contributed by atoms with Gasteiger partial charge in [-0.2, -0.15) is 0 Å². The van der Waals surface area contributed by atoms with Crippen molar-refractivity contribution in [1.82, 2.24) is 4.90 Å². The Labute approximate surface area is 86.3 Å². The second kappa shape index (κ2) is 6.35. The van der Waals surface area contributed by atoms with E-state index in [4.69, 9.17) is 15.2 Å². The molecule has 0 amide bonds. The highest BCUT2D eigenvalue weighted by Gasteiger charge is 2.33. The SMILES string of the molecule is CCO[C@H]1CN(CCN)C[C@@H]1OCC. The third kappa shape index (κ3) is 3.20. The Morgan fingerprint density at radius 3 is 2.00 bits per heavy atom. The first kappa shape index (κ1) is 11.9. The standard InChI is InChI=1S/C10H22N2O2/c1-3-13-9-7-12(6-5-11)8-10(9)14-4-2/h9-10H,3-8,11H2,1-2H3/t9-,10-/m0/s1. The van der Waals surface area contributed by atoms with Gasteiger partial charge in [-0.15, -0.1) is 0 Å². The van der Waals surface area contributed by atoms with Crippen molar-refractivity contribution in [2.45, 2.75) is 26.1 Å². The highest BCUT2D eigenvalue weighted by molar-refractivity contribution is 4.86. The molecular weight excluding hydrogens is 180 g/mol. The zero-order valence-corrected chi connectivity index (χ0v) is 9.24. The zero-order chi connectivity index (χ0) is 10.4. The van der Waals surface area contributed by atoms with Crippen LogP contribution in [0.2, 0.25) is 0 Å². The summed E-state index contributed by atoms with van der Waals surface area (Å²) in [4.78, 5) is 2.31. The van der Waals surface area contributed by atoms with Gasteiger partial charge in [0.25, 0.3) is 0 Å². The average Bonchev–Trinajstić information content (AvgIpc) is 2.50. The lowest BCUT2D eigenvalue weighted by Gasteiger charge is -2.17. The fraction of sp³-hybridized carbons (Fsp3) is 1.00. The largest absolute Gasteiger partial charge is 0.374 e. The Morgan fingerprint density at radius 2 is 1.64 bits per heavy atom. The fourth-order valence-electron chi connectivity index (χ4n) is 1.93. The molecule has 1 rings (SSSR count). The smallest absolute Gasteiger partial charge is 0.0975 e. The van der Waals surface area contributed by atoms with E-state index in [0.717, 1.165) is 32.8 Å². The molecule has 0 saturated carbocycles. The van der Waals surface area contributed by atoms with Crippen molar-refractivity contribution in [2.24, 2.45) is 5.73 Å². The Morgan fingerprint density at radius 1 is 1.14 bits per heavy atom. The lowest BCUT2D eigenvalue weighted by atomic mass is 10.2. The molecule has 0 aromatic carbocycles. The summed E-state index contributed by atoms with van der Waals surface area (Å²) in [5.74, 6) is 0. The number of ether oxygens (including phenoxy) is 2. The highest BCUT2D eigenvalue weighted by atomic mass is 16.5. The van der Waals surface area contributed by atoms with E-state index in [2.05, 4.69) is 4.90 Å². The molecule has 0 spiro atoms. The van der Waals surface area contributed by atoms with Crippen LogP contribution in [-0.4, -0.2) is 56.5 Å². The Bertz CT molecular complexity index is 141. The molecule has 1 heterocycles. The van der Waals surface area contributed by atoms with Crippen molar-refractivity contribution in [1.29, 1.82) is 0 Å². The van der Waals surface area contributed by atoms with E-state index < -0.39 is 0 Å². The third-order valence-corrected chi connectivity index (χ3v) is 2.50. The van der Waals surface area contributed by atoms with E-state index in [-0.39, 0.29) is 12.2 Å². The van der Waals surface area contributed by atoms with Gasteiger partial charge < -0.3 is 15.2 Å². The van der Waals surface area contributed by atoms with Crippen LogP contribution in [-0.2, 0) is 9.47 Å². The molecule has 1 saturated heterocycles. The molecule has 2 N–H and O–H groups in total. The van der Waals surface area contributed by atoms with Crippen molar-refractivity contribution in [3.63, 3.8) is 0 Å². The maximum absolute atomic E-state index is 5.64. The second-order valence-electron chi connectivity index (χ2n) is 3.54. The normalized spacial score (nSPS) is 28.5. The van der Waals surface area contributed by atoms with Crippen molar-refractivity contribution in [3.05, 3.63) is 0 Å². The minimum atomic E-state index is 0.228. The Kier molecular flexibility index (Phi) is 5.40. The molecule has 0 aromatic rings. The summed E-state index contributed by atoms with van der Waals surface area (Å²) < 4.78 is 11.3. The van der Waals surface area contributed by atoms with E-state index in [1.165, 1.54) is 0 Å². The summed E-state index contributed by atoms with van der Waals surface area (Å²) in [6.07, 6.45) is 0.456. The molecule has 1 aliphatic heterocycles. The van der Waals surface area contributed by atoms with Crippen LogP contribution in [0.4, 0.5) is 0 Å². The van der Waals surface area contributed by atoms with Gasteiger partial charge in [-0.05, 0) is 13.8 Å². The average molecular weight is 202 g/mol. The molecule has 1 fully saturated rings. The van der Waals surface area contributed by atoms with Gasteiger partial charge in [0.2, 0.25) is 0 Å². The molecule has 1 aliphatic rings. The minimum absolute atomic E-state index is 0.228. The third-order valence-electron chi connectivity index (χ3n) is 2.50. The Balaban J connectivity index is 2.38. The van der Waals surface area contributed by atoms with Crippen molar-refractivity contribution in [2.75, 3.05) is 39.4 Å². The molecule has 0 unspecified atom stereocenters. The van der Waals surface area contributed by atoms with E-state index >= 15 is 0 Å². The first-order valence-electron chi connectivity index (χ1n) is 5.47. The number of hydrogen-bond acceptors (Lipinski definition) is 4. The molecular formula is C10H22N2O2. The molecule has 4 heteroatoms. The van der Waals surface area contributed by atoms with Gasteiger partial charge in [-0.25, -0.2) is 0 Å². The predicted octanol–water partition coefficient (Wildman–Crippen LogP) is 0.0709. The molecule has 0 aromatic heterocycles. The number of nitrogens with zero attached hydrogens (tertiary/aromatic N) is 1. The van der Waals surface area contributed by atoms with Gasteiger partial charge in [0.15, 0.2) is 0 Å². The van der Waals surface area contributed by atoms with E-state index in [1.54, 1.807) is 0 Å². The topological polar surface area (TPSA) is 47.7 Å². The molecule has 0 radical (unpaired) electrons. The number of hydrogen-bond donors (Lipinski definition) is 1. The maximum atomic E-state index is 5.64. The van der Waals surface area contributed by atoms with Crippen LogP contribution in [0, 0.1) is 0 Å². The van der Waals surface area contributed by atoms with Crippen molar-refractivity contribution < 1.29 is 9.47 Å². The van der Waals surface area contributed by atoms with Crippen LogP contribution in [0.3, 0.4) is 0 Å². The summed E-state index contributed by atoms with van der Waals surface area (Å²) in [5, 5.41) is 0. The van der Waals surface area contributed by atoms with Gasteiger partial charge in [-0.1, -0.05) is 0 Å². The number of likely N-dealkylation sites (tertiary alicyclic amines) is 1. The maximum Gasteiger partial charge on any atom is 0.0975 e. The number of nitrogens with two attached hydrogens (primary N) is 1. The lowest BCUT2D eigenvalue weighted by Crippen LogP contribution is -2.29. The number of rotatable bonds is 6. The zero-order valence-electron chi connectivity index (χ0n) is 9.24. The first-order chi connectivity index (χ1) is 6.81. The molecule has 2 atom stereocenters. The van der Waals surface area contributed by atoms with Gasteiger partial charge in [-0.3, -0.25) is 4.90 Å². The van der Waals surface area contributed by atoms with E-state index in [9.17, 15) is 0 Å². The van der Waals surface area contributed by atoms with Crippen molar-refractivity contribution in [3.8, 4) is 0 Å². The van der Waals surface area contributed by atoms with Gasteiger partial charge in [0.05, 0.1) is 12.2 Å². The predicted molar refractivity (Wildman–Crippen MR) is 56.3 cm³/mol. The van der Waals surface area contributed by atoms with Crippen LogP contribution in [0.25, 0.3) is 0 Å². The van der Waals surface area contributed by atoms with Crippen LogP contribution in [0.5, 0.6) is 0 Å². The first-order valence-corrected chi connectivity index (χ1v) is 5.47. The van der Waals surface area contributed by atoms with Gasteiger partial charge in [0.1, 0.15) is 0 Å². The van der Waals surface area contributed by atoms with Gasteiger partial charge in [0, 0.05) is 39.4 Å². The van der Waals surface area contributed by atoms with Crippen LogP contribution in [0.1, 0.15) is 13.8 Å². The summed E-state index contributed by atoms with van der Waals surface area (Å²) in [5.41, 5.74) is 5.52. The van der Waals surface area contributed by atoms with E-state index in [0.29, 0.717) is 6.54 Å². The van der Waals surface area contributed by atoms with E-state index in [1.807, 2.05) is 13.8 Å². The molecule has 0 aliphatic carbocycles. The van der Waals surface area contributed by atoms with Crippen LogP contribution in [0.15, 0.2) is 0 Å². The fourth-order valence-corrected chi connectivity index (χ4v) is 1.93. The van der Waals surface area contributed by atoms with Gasteiger partial charge >= 0.3 is 0 Å². The summed E-state index contributed by atoms with van der Waals surface area (Å²) in [7, 11) is 0. The lowest BCUT2D eigenvalue weighted by molar-refractivity contribution is -0.0388. The summed E-state index contributed by atoms with van der Waals surface area (Å²) in [6, 6.07) is 0. The minimum Gasteiger partial charge on any atom is -0.374 e. The van der Waals surface area contributed by atoms with Crippen LogP contribution < -0.4 is 5.73 Å². The highest BCUT2D eigenvalue weighted by Crippen LogP contribution is 2.16. The molecule has 0 bridgehead atoms. The summed E-state index contributed by atoms with van der Waals surface area (Å²) >= 11 is 0. The second-order valence-corrected chi connectivity index (χ2v) is 3.54. The quantitative estimate of drug-likeness (QED) is 0.662. The molecule has 14 heavy (non-hydrogen) atoms.